The zero-order chi connectivity index (χ0) is 13.1. The third kappa shape index (κ3) is 2.38. The van der Waals surface area contributed by atoms with Crippen molar-refractivity contribution in [1.29, 1.82) is 0 Å². The smallest absolute Gasteiger partial charge is 0.276 e. The van der Waals surface area contributed by atoms with Crippen molar-refractivity contribution in [2.24, 2.45) is 0 Å². The molecule has 0 aliphatic rings. The van der Waals surface area contributed by atoms with Gasteiger partial charge in [0.2, 0.25) is 0 Å². The minimum atomic E-state index is -0.444. The Morgan fingerprint density at radius 1 is 1.56 bits per heavy atom. The van der Waals surface area contributed by atoms with Crippen LogP contribution in [0.1, 0.15) is 11.3 Å². The summed E-state index contributed by atoms with van der Waals surface area (Å²) in [5, 5.41) is 15.1. The number of nitrogen functional groups attached to an aromatic ring is 1. The van der Waals surface area contributed by atoms with Gasteiger partial charge in [-0.3, -0.25) is 10.1 Å². The quantitative estimate of drug-likeness (QED) is 0.669. The molecule has 0 aliphatic carbocycles. The zero-order valence-electron chi connectivity index (χ0n) is 9.49. The van der Waals surface area contributed by atoms with E-state index in [1.807, 2.05) is 0 Å². The minimum absolute atomic E-state index is 0.0249. The lowest BCUT2D eigenvalue weighted by Gasteiger charge is -2.07. The number of nitro benzene ring substituents is 1. The normalized spacial score (nSPS) is 10.3. The van der Waals surface area contributed by atoms with Crippen LogP contribution in [0.2, 0.25) is 0 Å². The van der Waals surface area contributed by atoms with Crippen LogP contribution < -0.4 is 10.5 Å². The van der Waals surface area contributed by atoms with E-state index in [4.69, 9.17) is 10.5 Å². The first-order chi connectivity index (χ1) is 8.59. The fourth-order valence-corrected chi connectivity index (χ4v) is 1.85. The predicted octanol–water partition coefficient (Wildman–Crippen LogP) is 1.92. The molecule has 0 aliphatic heterocycles. The van der Waals surface area contributed by atoms with Gasteiger partial charge in [-0.2, -0.15) is 0 Å². The molecule has 0 saturated carbocycles. The Morgan fingerprint density at radius 3 is 2.94 bits per heavy atom. The summed E-state index contributed by atoms with van der Waals surface area (Å²) < 4.78 is 9.15. The van der Waals surface area contributed by atoms with E-state index in [0.29, 0.717) is 22.0 Å². The summed E-state index contributed by atoms with van der Waals surface area (Å²) in [5.41, 5.74) is 6.66. The topological polar surface area (TPSA) is 104 Å². The van der Waals surface area contributed by atoms with E-state index in [1.165, 1.54) is 6.07 Å². The summed E-state index contributed by atoms with van der Waals surface area (Å²) in [7, 11) is 0. The van der Waals surface area contributed by atoms with Crippen molar-refractivity contribution < 1.29 is 9.66 Å². The van der Waals surface area contributed by atoms with Crippen molar-refractivity contribution in [3.8, 4) is 5.75 Å². The maximum absolute atomic E-state index is 10.8. The van der Waals surface area contributed by atoms with Gasteiger partial charge in [0.15, 0.2) is 0 Å². The molecule has 0 atom stereocenters. The Labute approximate surface area is 107 Å². The molecule has 2 rings (SSSR count). The van der Waals surface area contributed by atoms with Crippen LogP contribution in [-0.4, -0.2) is 14.5 Å². The van der Waals surface area contributed by atoms with Gasteiger partial charge in [0.25, 0.3) is 5.69 Å². The molecule has 0 saturated heterocycles. The van der Waals surface area contributed by atoms with Gasteiger partial charge in [0.05, 0.1) is 10.5 Å². The second-order valence-electron chi connectivity index (χ2n) is 3.53. The number of nitro groups is 1. The molecule has 0 spiro atoms. The lowest BCUT2D eigenvalue weighted by molar-refractivity contribution is -0.385. The second-order valence-corrected chi connectivity index (χ2v) is 4.32. The third-order valence-corrected chi connectivity index (χ3v) is 3.00. The average Bonchev–Trinajstić information content (AvgIpc) is 2.73. The van der Waals surface area contributed by atoms with Crippen molar-refractivity contribution in [1.82, 2.24) is 9.59 Å². The Hall–Kier alpha value is -2.22. The summed E-state index contributed by atoms with van der Waals surface area (Å²) in [4.78, 5) is 10.3. The van der Waals surface area contributed by atoms with Gasteiger partial charge in [-0.15, -0.1) is 5.10 Å². The molecule has 0 radical (unpaired) electrons. The number of hydrogen-bond acceptors (Lipinski definition) is 7. The van der Waals surface area contributed by atoms with E-state index in [2.05, 4.69) is 9.59 Å². The first kappa shape index (κ1) is 12.2. The molecule has 0 fully saturated rings. The molecule has 18 heavy (non-hydrogen) atoms. The number of hydrogen-bond donors (Lipinski definition) is 1. The lowest BCUT2D eigenvalue weighted by atomic mass is 10.2. The van der Waals surface area contributed by atoms with Crippen molar-refractivity contribution in [3.63, 3.8) is 0 Å². The summed E-state index contributed by atoms with van der Waals surface area (Å²) in [5.74, 6) is 0.441. The summed E-state index contributed by atoms with van der Waals surface area (Å²) in [6.07, 6.45) is 0. The fraction of sp³-hybridized carbons (Fsp3) is 0.200. The van der Waals surface area contributed by atoms with Gasteiger partial charge in [-0.05, 0) is 13.0 Å². The highest BCUT2D eigenvalue weighted by Crippen LogP contribution is 2.28. The predicted molar refractivity (Wildman–Crippen MR) is 66.5 cm³/mol. The van der Waals surface area contributed by atoms with E-state index < -0.39 is 4.92 Å². The fourth-order valence-electron chi connectivity index (χ4n) is 1.42. The van der Waals surface area contributed by atoms with Crippen LogP contribution >= 0.6 is 11.5 Å². The van der Waals surface area contributed by atoms with Gasteiger partial charge in [0.1, 0.15) is 23.1 Å². The van der Waals surface area contributed by atoms with Crippen molar-refractivity contribution >= 4 is 22.2 Å². The van der Waals surface area contributed by atoms with Crippen molar-refractivity contribution in [2.75, 3.05) is 5.73 Å². The first-order valence-corrected chi connectivity index (χ1v) is 5.80. The highest BCUT2D eigenvalue weighted by Gasteiger charge is 2.14. The molecule has 1 heterocycles. The maximum Gasteiger partial charge on any atom is 0.276 e. The molecule has 0 amide bonds. The zero-order valence-corrected chi connectivity index (χ0v) is 10.3. The van der Waals surface area contributed by atoms with Gasteiger partial charge >= 0.3 is 0 Å². The van der Waals surface area contributed by atoms with Crippen LogP contribution in [0, 0.1) is 17.0 Å². The van der Waals surface area contributed by atoms with Gasteiger partial charge in [-0.1, -0.05) is 10.6 Å². The van der Waals surface area contributed by atoms with Crippen LogP contribution in [0.25, 0.3) is 0 Å². The van der Waals surface area contributed by atoms with E-state index in [0.717, 1.165) is 11.5 Å². The minimum Gasteiger partial charge on any atom is -0.487 e. The van der Waals surface area contributed by atoms with Crippen LogP contribution in [0.4, 0.5) is 10.7 Å². The second kappa shape index (κ2) is 4.96. The molecular weight excluding hydrogens is 256 g/mol. The lowest BCUT2D eigenvalue weighted by Crippen LogP contribution is -2.01. The van der Waals surface area contributed by atoms with E-state index in [1.54, 1.807) is 19.1 Å². The van der Waals surface area contributed by atoms with Crippen molar-refractivity contribution in [2.45, 2.75) is 13.5 Å². The van der Waals surface area contributed by atoms with Crippen molar-refractivity contribution in [3.05, 3.63) is 39.6 Å². The van der Waals surface area contributed by atoms with E-state index in [9.17, 15) is 10.1 Å². The SMILES string of the molecule is Cc1c(OCc2nnsc2N)cccc1[N+](=O)[O-]. The third-order valence-electron chi connectivity index (χ3n) is 2.40. The summed E-state index contributed by atoms with van der Waals surface area (Å²) >= 11 is 1.08. The molecule has 1 aromatic heterocycles. The molecule has 8 heteroatoms. The number of ether oxygens (including phenoxy) is 1. The molecule has 7 nitrogen and oxygen atoms in total. The summed E-state index contributed by atoms with van der Waals surface area (Å²) in [6.45, 7) is 1.78. The Kier molecular flexibility index (Phi) is 3.38. The van der Waals surface area contributed by atoms with E-state index in [-0.39, 0.29) is 12.3 Å². The van der Waals surface area contributed by atoms with Crippen LogP contribution in [0.15, 0.2) is 18.2 Å². The molecule has 0 bridgehead atoms. The Bertz CT molecular complexity index is 584. The number of aromatic nitrogens is 2. The molecule has 0 unspecified atom stereocenters. The largest absolute Gasteiger partial charge is 0.487 e. The number of benzene rings is 1. The maximum atomic E-state index is 10.8. The Morgan fingerprint density at radius 2 is 2.33 bits per heavy atom. The average molecular weight is 266 g/mol. The number of nitrogens with two attached hydrogens (primary N) is 1. The number of nitrogens with zero attached hydrogens (tertiary/aromatic N) is 3. The molecular formula is C10H10N4O3S. The highest BCUT2D eigenvalue weighted by atomic mass is 32.1. The first-order valence-electron chi connectivity index (χ1n) is 5.03. The standard InChI is InChI=1S/C10H10N4O3S/c1-6-8(14(15)16)3-2-4-9(6)17-5-7-10(11)18-13-12-7/h2-4H,5,11H2,1H3. The van der Waals surface area contributed by atoms with Gasteiger partial charge < -0.3 is 10.5 Å². The number of anilines is 1. The molecule has 2 N–H and O–H groups in total. The van der Waals surface area contributed by atoms with Crippen LogP contribution in [0.3, 0.4) is 0 Å². The summed E-state index contributed by atoms with van der Waals surface area (Å²) in [6, 6.07) is 4.67. The van der Waals surface area contributed by atoms with Crippen LogP contribution in [0.5, 0.6) is 5.75 Å². The van der Waals surface area contributed by atoms with Gasteiger partial charge in [0, 0.05) is 17.6 Å². The molecule has 1 aromatic carbocycles. The highest BCUT2D eigenvalue weighted by molar-refractivity contribution is 7.09. The Balaban J connectivity index is 2.17. The molecule has 94 valence electrons. The van der Waals surface area contributed by atoms with Gasteiger partial charge in [-0.25, -0.2) is 0 Å². The molecule has 2 aromatic rings. The van der Waals surface area contributed by atoms with Crippen LogP contribution in [-0.2, 0) is 6.61 Å². The van der Waals surface area contributed by atoms with E-state index >= 15 is 0 Å². The number of rotatable bonds is 4. The monoisotopic (exact) mass is 266 g/mol.